The predicted octanol–water partition coefficient (Wildman–Crippen LogP) is 1.97. The van der Waals surface area contributed by atoms with Crippen LogP contribution in [0.5, 0.6) is 5.75 Å². The number of hydrogen-bond donors (Lipinski definition) is 1. The molecule has 1 saturated heterocycles. The summed E-state index contributed by atoms with van der Waals surface area (Å²) in [5, 5.41) is 3.05. The first-order valence-electron chi connectivity index (χ1n) is 9.45. The minimum atomic E-state index is -0.357. The first-order valence-corrected chi connectivity index (χ1v) is 9.82. The number of carbonyl (C=O) groups excluding carboxylic acids is 3. The molecule has 1 atom stereocenters. The van der Waals surface area contributed by atoms with Gasteiger partial charge in [0.25, 0.3) is 5.91 Å². The number of amides is 2. The van der Waals surface area contributed by atoms with E-state index in [1.165, 1.54) is 13.1 Å². The monoisotopic (exact) mass is 431 g/mol. The van der Waals surface area contributed by atoms with Gasteiger partial charge in [-0.3, -0.25) is 19.4 Å². The van der Waals surface area contributed by atoms with Crippen molar-refractivity contribution in [3.63, 3.8) is 0 Å². The first kappa shape index (κ1) is 21.7. The Bertz CT molecular complexity index is 922. The predicted molar refractivity (Wildman–Crippen MR) is 110 cm³/mol. The van der Waals surface area contributed by atoms with Crippen LogP contribution in [0.1, 0.15) is 27.6 Å². The Kier molecular flexibility index (Phi) is 7.37. The Morgan fingerprint density at radius 2 is 2.17 bits per heavy atom. The van der Waals surface area contributed by atoms with Crippen LogP contribution < -0.4 is 10.1 Å². The van der Waals surface area contributed by atoms with E-state index in [9.17, 15) is 14.4 Å². The highest BCUT2D eigenvalue weighted by Gasteiger charge is 2.25. The van der Waals surface area contributed by atoms with Crippen LogP contribution >= 0.6 is 11.6 Å². The molecule has 1 unspecified atom stereocenters. The number of aromatic nitrogens is 1. The number of carbonyl (C=O) groups is 3. The van der Waals surface area contributed by atoms with Crippen molar-refractivity contribution in [3.8, 4) is 5.75 Å². The number of nitrogens with one attached hydrogen (secondary N) is 1. The summed E-state index contributed by atoms with van der Waals surface area (Å²) in [5.41, 5.74) is 0.784. The van der Waals surface area contributed by atoms with Crippen molar-refractivity contribution in [2.75, 3.05) is 32.8 Å². The average molecular weight is 432 g/mol. The molecule has 1 fully saturated rings. The number of halogens is 1. The van der Waals surface area contributed by atoms with Crippen molar-refractivity contribution < 1.29 is 23.9 Å². The molecule has 0 radical (unpaired) electrons. The van der Waals surface area contributed by atoms with E-state index < -0.39 is 0 Å². The maximum atomic E-state index is 12.5. The lowest BCUT2D eigenvalue weighted by Gasteiger charge is -2.33. The lowest BCUT2D eigenvalue weighted by Crippen LogP contribution is -2.50. The molecule has 8 nitrogen and oxygen atoms in total. The number of benzene rings is 1. The molecule has 2 aromatic rings. The summed E-state index contributed by atoms with van der Waals surface area (Å²) in [6, 6.07) is 8.12. The van der Waals surface area contributed by atoms with E-state index in [2.05, 4.69) is 10.3 Å². The number of nitrogens with zero attached hydrogens (tertiary/aromatic N) is 2. The Morgan fingerprint density at radius 1 is 1.33 bits per heavy atom. The molecule has 0 saturated carbocycles. The quantitative estimate of drug-likeness (QED) is 0.673. The van der Waals surface area contributed by atoms with Crippen LogP contribution in [0.2, 0.25) is 5.02 Å². The SMILES string of the molecule is CC(=O)c1cc(Cl)ccc1OCC1CN(C(=O)CNC(=O)c2cccnc2)CCO1. The van der Waals surface area contributed by atoms with Gasteiger partial charge in [-0.25, -0.2) is 0 Å². The van der Waals surface area contributed by atoms with Crippen LogP contribution in [0, 0.1) is 0 Å². The van der Waals surface area contributed by atoms with Gasteiger partial charge in [-0.05, 0) is 37.3 Å². The maximum absolute atomic E-state index is 12.5. The van der Waals surface area contributed by atoms with E-state index in [-0.39, 0.29) is 36.9 Å². The van der Waals surface area contributed by atoms with Crippen molar-refractivity contribution in [1.82, 2.24) is 15.2 Å². The summed E-state index contributed by atoms with van der Waals surface area (Å²) in [4.78, 5) is 41.8. The zero-order chi connectivity index (χ0) is 21.5. The van der Waals surface area contributed by atoms with Gasteiger partial charge in [-0.2, -0.15) is 0 Å². The van der Waals surface area contributed by atoms with E-state index in [0.29, 0.717) is 41.6 Å². The summed E-state index contributed by atoms with van der Waals surface area (Å²) in [6.45, 7) is 2.61. The van der Waals surface area contributed by atoms with Gasteiger partial charge in [-0.1, -0.05) is 11.6 Å². The molecule has 1 aromatic carbocycles. The van der Waals surface area contributed by atoms with E-state index in [0.717, 1.165) is 0 Å². The van der Waals surface area contributed by atoms with Crippen LogP contribution in [-0.4, -0.2) is 66.4 Å². The normalized spacial score (nSPS) is 16.1. The van der Waals surface area contributed by atoms with E-state index in [1.54, 1.807) is 41.4 Å². The number of hydrogen-bond acceptors (Lipinski definition) is 6. The fourth-order valence-corrected chi connectivity index (χ4v) is 3.17. The molecular formula is C21H22ClN3O5. The molecule has 9 heteroatoms. The second-order valence-corrected chi connectivity index (χ2v) is 7.20. The Labute approximate surface area is 179 Å². The van der Waals surface area contributed by atoms with Gasteiger partial charge in [0.15, 0.2) is 5.78 Å². The molecule has 1 aromatic heterocycles. The minimum Gasteiger partial charge on any atom is -0.490 e. The molecule has 0 bridgehead atoms. The lowest BCUT2D eigenvalue weighted by molar-refractivity contribution is -0.138. The second-order valence-electron chi connectivity index (χ2n) is 6.76. The molecule has 0 spiro atoms. The number of ether oxygens (including phenoxy) is 2. The Balaban J connectivity index is 1.51. The van der Waals surface area contributed by atoms with Crippen molar-refractivity contribution in [1.29, 1.82) is 0 Å². The standard InChI is InChI=1S/C21H22ClN3O5/c1-14(26)18-9-16(22)4-5-19(18)30-13-17-12-25(7-8-29-17)20(27)11-24-21(28)15-3-2-6-23-10-15/h2-6,9-10,17H,7-8,11-13H2,1H3,(H,24,28). The average Bonchev–Trinajstić information content (AvgIpc) is 2.77. The van der Waals surface area contributed by atoms with Crippen LogP contribution in [0.15, 0.2) is 42.7 Å². The number of Topliss-reactive ketones (excluding diaryl/α,β-unsaturated/α-hetero) is 1. The van der Waals surface area contributed by atoms with Gasteiger partial charge in [0.1, 0.15) is 18.5 Å². The maximum Gasteiger partial charge on any atom is 0.253 e. The molecule has 2 heterocycles. The fraction of sp³-hybridized carbons (Fsp3) is 0.333. The van der Waals surface area contributed by atoms with E-state index >= 15 is 0 Å². The highest BCUT2D eigenvalue weighted by molar-refractivity contribution is 6.31. The molecule has 158 valence electrons. The summed E-state index contributed by atoms with van der Waals surface area (Å²) in [6.07, 6.45) is 2.65. The zero-order valence-corrected chi connectivity index (χ0v) is 17.2. The highest BCUT2D eigenvalue weighted by atomic mass is 35.5. The minimum absolute atomic E-state index is 0.118. The topological polar surface area (TPSA) is 97.8 Å². The zero-order valence-electron chi connectivity index (χ0n) is 16.5. The third-order valence-electron chi connectivity index (χ3n) is 4.56. The summed E-state index contributed by atoms with van der Waals surface area (Å²) in [5.74, 6) is -0.304. The van der Waals surface area contributed by atoms with Crippen LogP contribution in [0.4, 0.5) is 0 Å². The molecule has 1 aliphatic heterocycles. The van der Waals surface area contributed by atoms with Gasteiger partial charge in [0.05, 0.1) is 30.8 Å². The smallest absolute Gasteiger partial charge is 0.253 e. The largest absolute Gasteiger partial charge is 0.490 e. The van der Waals surface area contributed by atoms with Gasteiger partial charge >= 0.3 is 0 Å². The van der Waals surface area contributed by atoms with Crippen molar-refractivity contribution in [2.45, 2.75) is 13.0 Å². The van der Waals surface area contributed by atoms with Gasteiger partial charge < -0.3 is 19.7 Å². The van der Waals surface area contributed by atoms with Gasteiger partial charge in [0, 0.05) is 24.0 Å². The third-order valence-corrected chi connectivity index (χ3v) is 4.80. The summed E-state index contributed by atoms with van der Waals surface area (Å²) in [7, 11) is 0. The van der Waals surface area contributed by atoms with Crippen molar-refractivity contribution in [3.05, 3.63) is 58.9 Å². The van der Waals surface area contributed by atoms with E-state index in [1.807, 2.05) is 0 Å². The van der Waals surface area contributed by atoms with Crippen LogP contribution in [0.25, 0.3) is 0 Å². The Morgan fingerprint density at radius 3 is 2.90 bits per heavy atom. The van der Waals surface area contributed by atoms with E-state index in [4.69, 9.17) is 21.1 Å². The first-order chi connectivity index (χ1) is 14.4. The van der Waals surface area contributed by atoms with Crippen LogP contribution in [0.3, 0.4) is 0 Å². The Hall–Kier alpha value is -2.97. The molecule has 1 aliphatic rings. The molecule has 1 N–H and O–H groups in total. The summed E-state index contributed by atoms with van der Waals surface area (Å²) < 4.78 is 11.4. The van der Waals surface area contributed by atoms with Crippen molar-refractivity contribution >= 4 is 29.2 Å². The molecule has 30 heavy (non-hydrogen) atoms. The number of ketones is 1. The number of rotatable bonds is 7. The molecule has 2 amide bonds. The lowest BCUT2D eigenvalue weighted by atomic mass is 10.1. The summed E-state index contributed by atoms with van der Waals surface area (Å²) >= 11 is 5.94. The van der Waals surface area contributed by atoms with Crippen molar-refractivity contribution in [2.24, 2.45) is 0 Å². The number of morpholine rings is 1. The second kappa shape index (κ2) is 10.2. The third kappa shape index (κ3) is 5.77. The van der Waals surface area contributed by atoms with Gasteiger partial charge in [-0.15, -0.1) is 0 Å². The fourth-order valence-electron chi connectivity index (χ4n) is 3.00. The molecule has 3 rings (SSSR count). The van der Waals surface area contributed by atoms with Gasteiger partial charge in [0.2, 0.25) is 5.91 Å². The number of pyridine rings is 1. The molecule has 0 aliphatic carbocycles. The highest BCUT2D eigenvalue weighted by Crippen LogP contribution is 2.24. The molecular weight excluding hydrogens is 410 g/mol. The van der Waals surface area contributed by atoms with Crippen LogP contribution in [-0.2, 0) is 9.53 Å².